The average molecular weight is 368 g/mol. The molecule has 1 aromatic rings. The van der Waals surface area contributed by atoms with Gasteiger partial charge in [-0.1, -0.05) is 11.6 Å². The van der Waals surface area contributed by atoms with E-state index in [2.05, 4.69) is 10.2 Å². The second-order valence-electron chi connectivity index (χ2n) is 7.00. The van der Waals surface area contributed by atoms with Gasteiger partial charge in [-0.3, -0.25) is 19.8 Å². The van der Waals surface area contributed by atoms with Crippen LogP contribution < -0.4 is 5.32 Å². The monoisotopic (exact) mass is 367 g/mol. The summed E-state index contributed by atoms with van der Waals surface area (Å²) in [4.78, 5) is 23.8. The van der Waals surface area contributed by atoms with Crippen molar-refractivity contribution < 1.29 is 14.8 Å². The Morgan fingerprint density at radius 1 is 1.40 bits per heavy atom. The van der Waals surface area contributed by atoms with Crippen LogP contribution in [0.5, 0.6) is 0 Å². The summed E-state index contributed by atoms with van der Waals surface area (Å²) in [6, 6.07) is 5.09. The Morgan fingerprint density at radius 3 is 2.72 bits per heavy atom. The molecule has 0 amide bonds. The molecule has 0 spiro atoms. The number of halogens is 1. The number of nitrogens with one attached hydrogen (secondary N) is 1. The molecule has 7 nitrogen and oxygen atoms in total. The molecule has 8 heteroatoms. The Morgan fingerprint density at radius 2 is 2.12 bits per heavy atom. The van der Waals surface area contributed by atoms with Gasteiger partial charge in [0.2, 0.25) is 0 Å². The van der Waals surface area contributed by atoms with Crippen LogP contribution >= 0.6 is 11.6 Å². The Bertz CT molecular complexity index is 659. The summed E-state index contributed by atoms with van der Waals surface area (Å²) < 4.78 is 0. The minimum Gasteiger partial charge on any atom is -0.480 e. The zero-order valence-electron chi connectivity index (χ0n) is 13.9. The van der Waals surface area contributed by atoms with Gasteiger partial charge in [0.15, 0.2) is 0 Å². The lowest BCUT2D eigenvalue weighted by Gasteiger charge is -2.43. The van der Waals surface area contributed by atoms with Crippen molar-refractivity contribution in [1.82, 2.24) is 10.2 Å². The van der Waals surface area contributed by atoms with Crippen molar-refractivity contribution in [2.24, 2.45) is 5.92 Å². The van der Waals surface area contributed by atoms with E-state index in [-0.39, 0.29) is 24.3 Å². The van der Waals surface area contributed by atoms with E-state index < -0.39 is 10.9 Å². The van der Waals surface area contributed by atoms with E-state index in [0.717, 1.165) is 19.4 Å². The number of benzene rings is 1. The number of aliphatic carboxylic acids is 1. The minimum absolute atomic E-state index is 0.0639. The lowest BCUT2D eigenvalue weighted by molar-refractivity contribution is -0.385. The first-order chi connectivity index (χ1) is 11.9. The highest BCUT2D eigenvalue weighted by molar-refractivity contribution is 6.30. The fraction of sp³-hybridized carbons (Fsp3) is 0.588. The first-order valence-electron chi connectivity index (χ1n) is 8.54. The normalized spacial score (nSPS) is 22.6. The highest BCUT2D eigenvalue weighted by Crippen LogP contribution is 2.34. The van der Waals surface area contributed by atoms with Crippen molar-refractivity contribution in [3.05, 3.63) is 38.9 Å². The second-order valence-corrected chi connectivity index (χ2v) is 7.44. The van der Waals surface area contributed by atoms with Gasteiger partial charge in [0.25, 0.3) is 5.69 Å². The number of hydrogen-bond acceptors (Lipinski definition) is 5. The topological polar surface area (TPSA) is 95.7 Å². The zero-order valence-corrected chi connectivity index (χ0v) is 14.6. The molecule has 2 fully saturated rings. The maximum Gasteiger partial charge on any atom is 0.317 e. The molecule has 0 bridgehead atoms. The second kappa shape index (κ2) is 7.68. The maximum absolute atomic E-state index is 11.1. The molecule has 25 heavy (non-hydrogen) atoms. The van der Waals surface area contributed by atoms with Gasteiger partial charge in [0.05, 0.1) is 11.5 Å². The minimum atomic E-state index is -0.786. The van der Waals surface area contributed by atoms with Gasteiger partial charge in [0.1, 0.15) is 0 Å². The van der Waals surface area contributed by atoms with Gasteiger partial charge in [-0.15, -0.1) is 0 Å². The largest absolute Gasteiger partial charge is 0.480 e. The molecule has 0 radical (unpaired) electrons. The van der Waals surface area contributed by atoms with Crippen LogP contribution in [0.1, 0.15) is 31.2 Å². The summed E-state index contributed by atoms with van der Waals surface area (Å²) >= 11 is 5.94. The smallest absolute Gasteiger partial charge is 0.317 e. The third kappa shape index (κ3) is 4.90. The van der Waals surface area contributed by atoms with E-state index in [0.29, 0.717) is 23.0 Å². The van der Waals surface area contributed by atoms with Crippen LogP contribution in [-0.4, -0.2) is 46.1 Å². The summed E-state index contributed by atoms with van der Waals surface area (Å²) in [6.45, 7) is 1.34. The van der Waals surface area contributed by atoms with Crippen LogP contribution in [0.3, 0.4) is 0 Å². The molecule has 0 saturated heterocycles. The predicted molar refractivity (Wildman–Crippen MR) is 93.7 cm³/mol. The molecule has 2 saturated carbocycles. The van der Waals surface area contributed by atoms with Gasteiger partial charge in [0, 0.05) is 41.8 Å². The van der Waals surface area contributed by atoms with Crippen LogP contribution in [-0.2, 0) is 11.3 Å². The van der Waals surface area contributed by atoms with Crippen LogP contribution in [0.15, 0.2) is 18.2 Å². The van der Waals surface area contributed by atoms with E-state index in [9.17, 15) is 14.9 Å². The Hall–Kier alpha value is -1.70. The number of nitrogens with zero attached hydrogens (tertiary/aromatic N) is 2. The van der Waals surface area contributed by atoms with E-state index in [1.807, 2.05) is 0 Å². The Balaban J connectivity index is 1.50. The van der Waals surface area contributed by atoms with Gasteiger partial charge < -0.3 is 10.4 Å². The molecular formula is C17H22ClN3O4. The molecule has 136 valence electrons. The molecule has 0 heterocycles. The predicted octanol–water partition coefficient (Wildman–Crippen LogP) is 2.67. The van der Waals surface area contributed by atoms with Crippen molar-refractivity contribution >= 4 is 23.3 Å². The van der Waals surface area contributed by atoms with Crippen molar-refractivity contribution in [3.63, 3.8) is 0 Å². The van der Waals surface area contributed by atoms with Crippen LogP contribution in [0, 0.1) is 16.0 Å². The molecule has 0 aromatic heterocycles. The summed E-state index contributed by atoms with van der Waals surface area (Å²) in [5, 5.41) is 24.0. The van der Waals surface area contributed by atoms with E-state index in [1.165, 1.54) is 25.0 Å². The fourth-order valence-corrected chi connectivity index (χ4v) is 3.52. The van der Waals surface area contributed by atoms with Crippen molar-refractivity contribution in [3.8, 4) is 0 Å². The molecular weight excluding hydrogens is 346 g/mol. The molecule has 2 N–H and O–H groups in total. The number of carboxylic acid groups (broad SMARTS) is 1. The zero-order chi connectivity index (χ0) is 18.0. The number of nitro benzene ring substituents is 1. The summed E-state index contributed by atoms with van der Waals surface area (Å²) in [7, 11) is 0. The molecule has 2 aliphatic rings. The molecule has 3 rings (SSSR count). The van der Waals surface area contributed by atoms with Gasteiger partial charge >= 0.3 is 5.97 Å². The van der Waals surface area contributed by atoms with Crippen LogP contribution in [0.4, 0.5) is 5.69 Å². The highest BCUT2D eigenvalue weighted by atomic mass is 35.5. The van der Waals surface area contributed by atoms with Crippen LogP contribution in [0.25, 0.3) is 0 Å². The first-order valence-corrected chi connectivity index (χ1v) is 8.92. The van der Waals surface area contributed by atoms with Crippen molar-refractivity contribution in [2.45, 2.75) is 44.3 Å². The lowest BCUT2D eigenvalue weighted by Crippen LogP contribution is -2.54. The summed E-state index contributed by atoms with van der Waals surface area (Å²) in [5.74, 6) is -0.132. The van der Waals surface area contributed by atoms with Gasteiger partial charge in [-0.25, -0.2) is 0 Å². The number of rotatable bonds is 9. The average Bonchev–Trinajstić information content (AvgIpc) is 3.28. The molecule has 0 atom stereocenters. The van der Waals surface area contributed by atoms with E-state index in [1.54, 1.807) is 6.07 Å². The standard InChI is InChI=1S/C17H22ClN3O4/c18-13-3-4-16(21(24)25)12(5-13)8-19-14-6-15(7-14)20(10-17(22)23)9-11-1-2-11/h3-5,11,14-15,19H,1-2,6-10H2,(H,22,23). The maximum atomic E-state index is 11.1. The van der Waals surface area contributed by atoms with Gasteiger partial charge in [-0.05, 0) is 43.7 Å². The fourth-order valence-electron chi connectivity index (χ4n) is 3.33. The molecule has 0 aliphatic heterocycles. The first kappa shape index (κ1) is 18.1. The number of hydrogen-bond donors (Lipinski definition) is 2. The highest BCUT2D eigenvalue weighted by Gasteiger charge is 2.37. The Kier molecular flexibility index (Phi) is 5.56. The number of carboxylic acids is 1. The quantitative estimate of drug-likeness (QED) is 0.514. The van der Waals surface area contributed by atoms with Crippen LogP contribution in [0.2, 0.25) is 5.02 Å². The van der Waals surface area contributed by atoms with Crippen molar-refractivity contribution in [1.29, 1.82) is 0 Å². The van der Waals surface area contributed by atoms with Gasteiger partial charge in [-0.2, -0.15) is 0 Å². The lowest BCUT2D eigenvalue weighted by atomic mass is 9.85. The molecule has 0 unspecified atom stereocenters. The third-order valence-corrected chi connectivity index (χ3v) is 5.21. The number of carbonyl (C=O) groups is 1. The van der Waals surface area contributed by atoms with Crippen molar-refractivity contribution in [2.75, 3.05) is 13.1 Å². The summed E-state index contributed by atoms with van der Waals surface area (Å²) in [5.41, 5.74) is 0.635. The SMILES string of the molecule is O=C(O)CN(CC1CC1)C1CC(NCc2cc(Cl)ccc2[N+](=O)[O-])C1. The molecule has 2 aliphatic carbocycles. The van der Waals surface area contributed by atoms with E-state index in [4.69, 9.17) is 16.7 Å². The van der Waals surface area contributed by atoms with E-state index >= 15 is 0 Å². The number of nitro groups is 1. The Labute approximate surface area is 151 Å². The third-order valence-electron chi connectivity index (χ3n) is 4.98. The summed E-state index contributed by atoms with van der Waals surface area (Å²) in [6.07, 6.45) is 4.13. The molecule has 1 aromatic carbocycles.